The Balaban J connectivity index is 3.26. The summed E-state index contributed by atoms with van der Waals surface area (Å²) < 4.78 is 0. The molecular weight excluding hydrogens is 266 g/mol. The first-order chi connectivity index (χ1) is 9.36. The van der Waals surface area contributed by atoms with Crippen molar-refractivity contribution in [2.75, 3.05) is 17.4 Å². The molecule has 0 radical (unpaired) electrons. The Labute approximate surface area is 127 Å². The van der Waals surface area contributed by atoms with E-state index in [1.54, 1.807) is 11.8 Å². The van der Waals surface area contributed by atoms with Crippen LogP contribution >= 0.6 is 11.8 Å². The number of hydrogen-bond acceptors (Lipinski definition) is 2. The number of nitrogens with one attached hydrogen (secondary N) is 1. The van der Waals surface area contributed by atoms with Gasteiger partial charge in [-0.15, -0.1) is 11.8 Å². The standard InChI is InChI=1S/C16H27N3S/c1-10(2)13-7-12(5)8-14(11(3)4)15(13)19-16(17)18-9-20-6/h7-8,10-11H,9H2,1-6H3,(H3,17,18,19). The van der Waals surface area contributed by atoms with Crippen molar-refractivity contribution in [3.05, 3.63) is 28.8 Å². The quantitative estimate of drug-likeness (QED) is 0.629. The largest absolute Gasteiger partial charge is 0.370 e. The fourth-order valence-corrected chi connectivity index (χ4v) is 2.47. The van der Waals surface area contributed by atoms with Crippen molar-refractivity contribution in [1.82, 2.24) is 0 Å². The average Bonchev–Trinajstić information content (AvgIpc) is 2.37. The number of rotatable bonds is 5. The second-order valence-electron chi connectivity index (χ2n) is 5.71. The molecule has 1 aromatic rings. The Kier molecular flexibility index (Phi) is 6.40. The van der Waals surface area contributed by atoms with Gasteiger partial charge in [0.05, 0.1) is 5.88 Å². The van der Waals surface area contributed by atoms with E-state index >= 15 is 0 Å². The lowest BCUT2D eigenvalue weighted by Gasteiger charge is -2.21. The molecule has 0 amide bonds. The van der Waals surface area contributed by atoms with Crippen LogP contribution in [0.25, 0.3) is 0 Å². The SMILES string of the molecule is CSC/N=C(\N)Nc1c(C(C)C)cc(C)cc1C(C)C. The van der Waals surface area contributed by atoms with Gasteiger partial charge in [-0.05, 0) is 36.1 Å². The van der Waals surface area contributed by atoms with Gasteiger partial charge in [0.2, 0.25) is 0 Å². The highest BCUT2D eigenvalue weighted by Crippen LogP contribution is 2.33. The molecule has 0 spiro atoms. The lowest BCUT2D eigenvalue weighted by atomic mass is 9.90. The highest BCUT2D eigenvalue weighted by atomic mass is 32.2. The molecule has 1 rings (SSSR count). The second-order valence-corrected chi connectivity index (χ2v) is 6.55. The molecule has 0 aliphatic heterocycles. The summed E-state index contributed by atoms with van der Waals surface area (Å²) in [5.41, 5.74) is 11.0. The normalized spacial score (nSPS) is 12.3. The van der Waals surface area contributed by atoms with Crippen LogP contribution < -0.4 is 11.1 Å². The summed E-state index contributed by atoms with van der Waals surface area (Å²) >= 11 is 1.66. The summed E-state index contributed by atoms with van der Waals surface area (Å²) in [6.07, 6.45) is 2.02. The first kappa shape index (κ1) is 16.9. The van der Waals surface area contributed by atoms with Crippen molar-refractivity contribution >= 4 is 23.4 Å². The molecule has 1 aromatic carbocycles. The van der Waals surface area contributed by atoms with Crippen molar-refractivity contribution < 1.29 is 0 Å². The van der Waals surface area contributed by atoms with E-state index in [2.05, 4.69) is 57.1 Å². The third-order valence-corrected chi connectivity index (χ3v) is 3.59. The number of guanidine groups is 1. The number of thioether (sulfide) groups is 1. The zero-order chi connectivity index (χ0) is 15.3. The van der Waals surface area contributed by atoms with Gasteiger partial charge in [-0.3, -0.25) is 0 Å². The van der Waals surface area contributed by atoms with Gasteiger partial charge >= 0.3 is 0 Å². The molecule has 0 aliphatic carbocycles. The van der Waals surface area contributed by atoms with Crippen LogP contribution in [0.4, 0.5) is 5.69 Å². The van der Waals surface area contributed by atoms with Gasteiger partial charge in [-0.25, -0.2) is 4.99 Å². The van der Waals surface area contributed by atoms with Crippen LogP contribution in [0.3, 0.4) is 0 Å². The van der Waals surface area contributed by atoms with Crippen LogP contribution in [-0.2, 0) is 0 Å². The maximum absolute atomic E-state index is 5.99. The van der Waals surface area contributed by atoms with Crippen LogP contribution in [-0.4, -0.2) is 18.1 Å². The van der Waals surface area contributed by atoms with E-state index in [4.69, 9.17) is 5.73 Å². The van der Waals surface area contributed by atoms with E-state index in [9.17, 15) is 0 Å². The van der Waals surface area contributed by atoms with E-state index in [0.717, 1.165) is 5.69 Å². The maximum Gasteiger partial charge on any atom is 0.193 e. The topological polar surface area (TPSA) is 50.4 Å². The van der Waals surface area contributed by atoms with Gasteiger partial charge in [0.15, 0.2) is 5.96 Å². The molecule has 3 N–H and O–H groups in total. The molecule has 0 unspecified atom stereocenters. The summed E-state index contributed by atoms with van der Waals surface area (Å²) in [4.78, 5) is 4.31. The molecule has 112 valence electrons. The lowest BCUT2D eigenvalue weighted by molar-refractivity contribution is 0.836. The van der Waals surface area contributed by atoms with Crippen molar-refractivity contribution in [3.63, 3.8) is 0 Å². The molecule has 0 saturated heterocycles. The summed E-state index contributed by atoms with van der Waals surface area (Å²) in [6, 6.07) is 4.47. The monoisotopic (exact) mass is 293 g/mol. The fourth-order valence-electron chi connectivity index (χ4n) is 2.20. The Morgan fingerprint density at radius 1 is 1.20 bits per heavy atom. The zero-order valence-electron chi connectivity index (χ0n) is 13.4. The number of aliphatic imine (C=N–C) groups is 1. The van der Waals surface area contributed by atoms with Crippen molar-refractivity contribution in [2.24, 2.45) is 10.7 Å². The highest BCUT2D eigenvalue weighted by Gasteiger charge is 2.15. The minimum absolute atomic E-state index is 0.447. The van der Waals surface area contributed by atoms with Gasteiger partial charge in [-0.1, -0.05) is 45.4 Å². The zero-order valence-corrected chi connectivity index (χ0v) is 14.3. The van der Waals surface area contributed by atoms with Crippen LogP contribution in [0.1, 0.15) is 56.2 Å². The predicted octanol–water partition coefficient (Wildman–Crippen LogP) is 4.29. The number of aryl methyl sites for hydroxylation is 1. The molecule has 0 bridgehead atoms. The minimum Gasteiger partial charge on any atom is -0.370 e. The Hall–Kier alpha value is -1.16. The average molecular weight is 293 g/mol. The van der Waals surface area contributed by atoms with Gasteiger partial charge in [0.1, 0.15) is 0 Å². The van der Waals surface area contributed by atoms with Crippen LogP contribution in [0, 0.1) is 6.92 Å². The fraction of sp³-hybridized carbons (Fsp3) is 0.562. The van der Waals surface area contributed by atoms with Crippen molar-refractivity contribution in [2.45, 2.75) is 46.5 Å². The predicted molar refractivity (Wildman–Crippen MR) is 93.0 cm³/mol. The van der Waals surface area contributed by atoms with E-state index in [0.29, 0.717) is 23.7 Å². The van der Waals surface area contributed by atoms with E-state index < -0.39 is 0 Å². The molecule has 3 nitrogen and oxygen atoms in total. The summed E-state index contributed by atoms with van der Waals surface area (Å²) in [7, 11) is 0. The van der Waals surface area contributed by atoms with E-state index in [1.165, 1.54) is 16.7 Å². The number of anilines is 1. The molecule has 0 saturated carbocycles. The van der Waals surface area contributed by atoms with Gasteiger partial charge in [0.25, 0.3) is 0 Å². The molecule has 0 aromatic heterocycles. The molecule has 0 heterocycles. The molecular formula is C16H27N3S. The molecule has 0 fully saturated rings. The third-order valence-electron chi connectivity index (χ3n) is 3.20. The van der Waals surface area contributed by atoms with Gasteiger partial charge in [0, 0.05) is 5.69 Å². The smallest absolute Gasteiger partial charge is 0.193 e. The number of nitrogens with zero attached hydrogens (tertiary/aromatic N) is 1. The van der Waals surface area contributed by atoms with E-state index in [1.807, 2.05) is 6.26 Å². The number of benzene rings is 1. The Morgan fingerprint density at radius 2 is 1.70 bits per heavy atom. The van der Waals surface area contributed by atoms with Gasteiger partial charge in [-0.2, -0.15) is 0 Å². The molecule has 20 heavy (non-hydrogen) atoms. The van der Waals surface area contributed by atoms with Crippen LogP contribution in [0.5, 0.6) is 0 Å². The molecule has 0 atom stereocenters. The van der Waals surface area contributed by atoms with Crippen LogP contribution in [0.15, 0.2) is 17.1 Å². The number of nitrogens with two attached hydrogens (primary N) is 1. The van der Waals surface area contributed by atoms with Crippen molar-refractivity contribution in [1.29, 1.82) is 0 Å². The van der Waals surface area contributed by atoms with Crippen LogP contribution in [0.2, 0.25) is 0 Å². The second kappa shape index (κ2) is 7.58. The Morgan fingerprint density at radius 3 is 2.10 bits per heavy atom. The van der Waals surface area contributed by atoms with E-state index in [-0.39, 0.29) is 0 Å². The summed E-state index contributed by atoms with van der Waals surface area (Å²) in [6.45, 7) is 11.0. The first-order valence-electron chi connectivity index (χ1n) is 7.07. The maximum atomic E-state index is 5.99. The first-order valence-corrected chi connectivity index (χ1v) is 8.46. The number of hydrogen-bond donors (Lipinski definition) is 2. The summed E-state index contributed by atoms with van der Waals surface area (Å²) in [5, 5.41) is 3.32. The molecule has 0 aliphatic rings. The molecule has 4 heteroatoms. The Bertz CT molecular complexity index is 450. The lowest BCUT2D eigenvalue weighted by Crippen LogP contribution is -2.24. The van der Waals surface area contributed by atoms with Gasteiger partial charge < -0.3 is 11.1 Å². The minimum atomic E-state index is 0.447. The summed E-state index contributed by atoms with van der Waals surface area (Å²) in [5.74, 6) is 2.07. The highest BCUT2D eigenvalue weighted by molar-refractivity contribution is 7.98. The van der Waals surface area contributed by atoms with Crippen molar-refractivity contribution in [3.8, 4) is 0 Å². The third kappa shape index (κ3) is 4.44.